The number of aromatic nitrogens is 3. The summed E-state index contributed by atoms with van der Waals surface area (Å²) in [4.78, 5) is 8.85. The van der Waals surface area contributed by atoms with Crippen molar-refractivity contribution in [3.63, 3.8) is 0 Å². The second-order valence-corrected chi connectivity index (χ2v) is 6.33. The summed E-state index contributed by atoms with van der Waals surface area (Å²) in [5, 5.41) is 21.8. The Morgan fingerprint density at radius 1 is 1.18 bits per heavy atom. The van der Waals surface area contributed by atoms with Crippen LogP contribution < -0.4 is 22.5 Å². The molecule has 148 valence electrons. The van der Waals surface area contributed by atoms with Gasteiger partial charge in [-0.1, -0.05) is 0 Å². The van der Waals surface area contributed by atoms with Crippen LogP contribution in [0.2, 0.25) is 0 Å². The maximum Gasteiger partial charge on any atom is 0.178 e. The Hall–Kier alpha value is -3.63. The molecule has 0 saturated heterocycles. The number of aryl methyl sites for hydroxylation is 2. The van der Waals surface area contributed by atoms with E-state index in [1.165, 1.54) is 0 Å². The van der Waals surface area contributed by atoms with Crippen LogP contribution in [-0.4, -0.2) is 43.6 Å². The van der Waals surface area contributed by atoms with Crippen LogP contribution in [0.5, 0.6) is 0 Å². The Labute approximate surface area is 162 Å². The number of hydrazone groups is 1. The Morgan fingerprint density at radius 3 is 2.46 bits per heavy atom. The number of hydrogen-bond acceptors (Lipinski definition) is 9. The second-order valence-electron chi connectivity index (χ2n) is 6.33. The zero-order valence-electron chi connectivity index (χ0n) is 16.4. The lowest BCUT2D eigenvalue weighted by atomic mass is 10.2. The van der Waals surface area contributed by atoms with Gasteiger partial charge < -0.3 is 22.5 Å². The first-order valence-electron chi connectivity index (χ1n) is 8.93. The molecule has 8 N–H and O–H groups in total. The number of pyridine rings is 1. The lowest BCUT2D eigenvalue weighted by Gasteiger charge is -2.13. The van der Waals surface area contributed by atoms with Gasteiger partial charge in [-0.3, -0.25) is 5.41 Å². The van der Waals surface area contributed by atoms with Gasteiger partial charge >= 0.3 is 0 Å². The average Bonchev–Trinajstić information content (AvgIpc) is 3.09. The molecule has 0 saturated carbocycles. The molecule has 0 amide bonds. The number of amidine groups is 1. The molecule has 2 aromatic heterocycles. The van der Waals surface area contributed by atoms with Crippen molar-refractivity contribution < 1.29 is 0 Å². The molecule has 0 bridgehead atoms. The van der Waals surface area contributed by atoms with Crippen LogP contribution in [0.4, 0.5) is 34.5 Å². The molecule has 0 unspecified atom stereocenters. The summed E-state index contributed by atoms with van der Waals surface area (Å²) in [6, 6.07) is 1.65. The highest BCUT2D eigenvalue weighted by Gasteiger charge is 2.25. The third-order valence-electron chi connectivity index (χ3n) is 4.40. The number of hydrogen-bond donors (Lipinski definition) is 5. The predicted octanol–water partition coefficient (Wildman–Crippen LogP) is 1.86. The Bertz CT molecular complexity index is 999. The van der Waals surface area contributed by atoms with Gasteiger partial charge in [0.2, 0.25) is 0 Å². The highest BCUT2D eigenvalue weighted by molar-refractivity contribution is 6.69. The van der Waals surface area contributed by atoms with Crippen LogP contribution in [0.25, 0.3) is 0 Å². The fourth-order valence-corrected chi connectivity index (χ4v) is 2.88. The lowest BCUT2D eigenvalue weighted by Crippen LogP contribution is -2.26. The molecule has 0 atom stereocenters. The topological polar surface area (TPSA) is 173 Å². The largest absolute Gasteiger partial charge is 0.396 e. The van der Waals surface area contributed by atoms with Crippen LogP contribution >= 0.6 is 0 Å². The fourth-order valence-electron chi connectivity index (χ4n) is 2.88. The van der Waals surface area contributed by atoms with E-state index in [1.54, 1.807) is 22.7 Å². The van der Waals surface area contributed by atoms with Crippen LogP contribution in [0, 0.1) is 12.3 Å². The van der Waals surface area contributed by atoms with E-state index in [9.17, 15) is 0 Å². The molecule has 1 aliphatic heterocycles. The normalized spacial score (nSPS) is 15.4. The SMILES string of the molecule is CCN1N=C(C)C(=Nc2nc(N)c(N)cc2Nc2c(C)nn(CC)c2N)C1=N. The van der Waals surface area contributed by atoms with Crippen LogP contribution in [0.3, 0.4) is 0 Å². The summed E-state index contributed by atoms with van der Waals surface area (Å²) in [6.45, 7) is 8.74. The van der Waals surface area contributed by atoms with Crippen molar-refractivity contribution in [2.24, 2.45) is 10.1 Å². The molecule has 11 nitrogen and oxygen atoms in total. The smallest absolute Gasteiger partial charge is 0.178 e. The van der Waals surface area contributed by atoms with Gasteiger partial charge in [-0.05, 0) is 33.8 Å². The van der Waals surface area contributed by atoms with Crippen molar-refractivity contribution in [1.29, 1.82) is 5.41 Å². The van der Waals surface area contributed by atoms with Crippen molar-refractivity contribution in [2.45, 2.75) is 34.2 Å². The van der Waals surface area contributed by atoms with Gasteiger partial charge in [-0.15, -0.1) is 0 Å². The van der Waals surface area contributed by atoms with Gasteiger partial charge in [-0.25, -0.2) is 19.7 Å². The molecule has 1 aliphatic rings. The predicted molar refractivity (Wildman–Crippen MR) is 114 cm³/mol. The molecule has 3 rings (SSSR count). The molecule has 0 fully saturated rings. The summed E-state index contributed by atoms with van der Waals surface area (Å²) >= 11 is 0. The van der Waals surface area contributed by atoms with Gasteiger partial charge in [0.05, 0.1) is 22.8 Å². The van der Waals surface area contributed by atoms with E-state index in [2.05, 4.69) is 25.5 Å². The number of rotatable bonds is 5. The van der Waals surface area contributed by atoms with Gasteiger partial charge in [0, 0.05) is 13.1 Å². The first-order chi connectivity index (χ1) is 13.3. The molecule has 2 aromatic rings. The maximum absolute atomic E-state index is 8.27. The standard InChI is InChI=1S/C17H25N11/c1-5-27-15(20)12(8(3)25-27)22-11-7-10(18)14(19)24-17(11)23-13-9(4)26-28(6-2)16(13)21/h7,21-22H,5-6,18,20H2,1-4H3,(H2,19,24). The van der Waals surface area contributed by atoms with Crippen molar-refractivity contribution in [1.82, 2.24) is 19.8 Å². The molecule has 0 aromatic carbocycles. The number of aliphatic imine (C=N–C) groups is 1. The third-order valence-corrected chi connectivity index (χ3v) is 4.40. The Balaban J connectivity index is 2.08. The number of nitrogens with two attached hydrogens (primary N) is 3. The summed E-state index contributed by atoms with van der Waals surface area (Å²) in [7, 11) is 0. The Kier molecular flexibility index (Phi) is 4.91. The highest BCUT2D eigenvalue weighted by atomic mass is 15.5. The number of anilines is 5. The van der Waals surface area contributed by atoms with Crippen LogP contribution in [0.1, 0.15) is 26.5 Å². The van der Waals surface area contributed by atoms with E-state index in [4.69, 9.17) is 22.6 Å². The second kappa shape index (κ2) is 7.18. The minimum atomic E-state index is 0.158. The third kappa shape index (κ3) is 3.21. The van der Waals surface area contributed by atoms with E-state index in [-0.39, 0.29) is 11.7 Å². The molecule has 3 heterocycles. The van der Waals surface area contributed by atoms with Gasteiger partial charge in [0.1, 0.15) is 23.0 Å². The van der Waals surface area contributed by atoms with Crippen LogP contribution in [-0.2, 0) is 6.54 Å². The minimum Gasteiger partial charge on any atom is -0.396 e. The summed E-state index contributed by atoms with van der Waals surface area (Å²) in [6.07, 6.45) is 0. The van der Waals surface area contributed by atoms with E-state index in [0.29, 0.717) is 53.2 Å². The van der Waals surface area contributed by atoms with Crippen molar-refractivity contribution in [3.05, 3.63) is 11.8 Å². The quantitative estimate of drug-likeness (QED) is 0.524. The first kappa shape index (κ1) is 19.1. The number of nitrogens with zero attached hydrogens (tertiary/aromatic N) is 6. The molecular formula is C17H25N11. The molecule has 28 heavy (non-hydrogen) atoms. The van der Waals surface area contributed by atoms with Gasteiger partial charge in [0.15, 0.2) is 11.7 Å². The molecule has 11 heteroatoms. The van der Waals surface area contributed by atoms with Gasteiger partial charge in [0.25, 0.3) is 0 Å². The van der Waals surface area contributed by atoms with E-state index in [1.807, 2.05) is 20.8 Å². The fraction of sp³-hybridized carbons (Fsp3) is 0.353. The zero-order chi connectivity index (χ0) is 20.6. The minimum absolute atomic E-state index is 0.158. The van der Waals surface area contributed by atoms with E-state index in [0.717, 1.165) is 5.69 Å². The molecule has 0 radical (unpaired) electrons. The molecule has 0 aliphatic carbocycles. The van der Waals surface area contributed by atoms with Crippen molar-refractivity contribution >= 4 is 51.8 Å². The summed E-state index contributed by atoms with van der Waals surface area (Å²) in [5.74, 6) is 1.16. The monoisotopic (exact) mass is 383 g/mol. The van der Waals surface area contributed by atoms with E-state index < -0.39 is 0 Å². The average molecular weight is 383 g/mol. The van der Waals surface area contributed by atoms with E-state index >= 15 is 0 Å². The number of nitrogen functional groups attached to an aromatic ring is 3. The van der Waals surface area contributed by atoms with Gasteiger partial charge in [-0.2, -0.15) is 10.2 Å². The van der Waals surface area contributed by atoms with Crippen molar-refractivity contribution in [3.8, 4) is 0 Å². The zero-order valence-corrected chi connectivity index (χ0v) is 16.4. The summed E-state index contributed by atoms with van der Waals surface area (Å²) < 4.78 is 1.69. The molecular weight excluding hydrogens is 358 g/mol. The maximum atomic E-state index is 8.27. The Morgan fingerprint density at radius 2 is 1.89 bits per heavy atom. The van der Waals surface area contributed by atoms with Crippen molar-refractivity contribution in [2.75, 3.05) is 29.1 Å². The first-order valence-corrected chi connectivity index (χ1v) is 8.93. The summed E-state index contributed by atoms with van der Waals surface area (Å²) in [5.41, 5.74) is 21.3. The lowest BCUT2D eigenvalue weighted by molar-refractivity contribution is 0.481. The van der Waals surface area contributed by atoms with Crippen LogP contribution in [0.15, 0.2) is 16.2 Å². The molecule has 0 spiro atoms. The number of nitrogens with one attached hydrogen (secondary N) is 2. The highest BCUT2D eigenvalue weighted by Crippen LogP contribution is 2.34.